The zero-order valence-corrected chi connectivity index (χ0v) is 14.9. The SMILES string of the molecule is CSC[C@@H](C)N(C)C(=O)N[C@@H](C)c1cccc(-n2ccnc2)c1. The van der Waals surface area contributed by atoms with Gasteiger partial charge in [-0.05, 0) is 37.8 Å². The quantitative estimate of drug-likeness (QED) is 0.883. The molecular weight excluding hydrogens is 308 g/mol. The van der Waals surface area contributed by atoms with Gasteiger partial charge in [0.15, 0.2) is 0 Å². The molecule has 2 atom stereocenters. The van der Waals surface area contributed by atoms with E-state index in [9.17, 15) is 4.79 Å². The highest BCUT2D eigenvalue weighted by Crippen LogP contribution is 2.17. The second-order valence-electron chi connectivity index (χ2n) is 5.65. The molecule has 0 spiro atoms. The number of hydrogen-bond acceptors (Lipinski definition) is 3. The number of nitrogens with one attached hydrogen (secondary N) is 1. The fourth-order valence-electron chi connectivity index (χ4n) is 2.29. The van der Waals surface area contributed by atoms with Crippen molar-refractivity contribution in [3.05, 3.63) is 48.5 Å². The molecule has 2 aromatic rings. The third kappa shape index (κ3) is 4.51. The number of imidazole rings is 1. The third-order valence-corrected chi connectivity index (χ3v) is 4.72. The molecule has 2 rings (SSSR count). The summed E-state index contributed by atoms with van der Waals surface area (Å²) < 4.78 is 1.95. The molecule has 1 heterocycles. The lowest BCUT2D eigenvalue weighted by Gasteiger charge is -2.26. The van der Waals surface area contributed by atoms with Gasteiger partial charge in [0.05, 0.1) is 12.4 Å². The molecule has 1 aromatic carbocycles. The van der Waals surface area contributed by atoms with Gasteiger partial charge in [0.1, 0.15) is 0 Å². The van der Waals surface area contributed by atoms with Gasteiger partial charge in [-0.25, -0.2) is 9.78 Å². The number of thioether (sulfide) groups is 1. The van der Waals surface area contributed by atoms with E-state index in [4.69, 9.17) is 0 Å². The summed E-state index contributed by atoms with van der Waals surface area (Å²) in [6, 6.07) is 8.20. The van der Waals surface area contributed by atoms with Crippen molar-refractivity contribution in [2.45, 2.75) is 25.9 Å². The number of carbonyl (C=O) groups excluding carboxylic acids is 1. The predicted molar refractivity (Wildman–Crippen MR) is 96.1 cm³/mol. The monoisotopic (exact) mass is 332 g/mol. The van der Waals surface area contributed by atoms with Crippen LogP contribution < -0.4 is 5.32 Å². The molecule has 0 bridgehead atoms. The Bertz CT molecular complexity index is 629. The summed E-state index contributed by atoms with van der Waals surface area (Å²) in [5, 5.41) is 3.06. The molecule has 0 aliphatic rings. The Morgan fingerprint density at radius 1 is 1.43 bits per heavy atom. The van der Waals surface area contributed by atoms with E-state index in [1.54, 1.807) is 29.2 Å². The fraction of sp³-hybridized carbons (Fsp3) is 0.412. The standard InChI is InChI=1S/C17H24N4OS/c1-13(11-23-4)20(3)17(22)19-14(2)15-6-5-7-16(10-15)21-9-8-18-12-21/h5-10,12-14H,11H2,1-4H3,(H,19,22)/t13-,14+/m1/s1. The zero-order chi connectivity index (χ0) is 16.8. The summed E-state index contributed by atoms with van der Waals surface area (Å²) in [5.74, 6) is 0.925. The number of amides is 2. The highest BCUT2D eigenvalue weighted by atomic mass is 32.2. The molecule has 0 unspecified atom stereocenters. The third-order valence-electron chi connectivity index (χ3n) is 3.90. The molecule has 5 nitrogen and oxygen atoms in total. The first-order valence-electron chi connectivity index (χ1n) is 7.63. The number of carbonyl (C=O) groups is 1. The predicted octanol–water partition coefficient (Wildman–Crippen LogP) is 3.33. The zero-order valence-electron chi connectivity index (χ0n) is 14.1. The van der Waals surface area contributed by atoms with E-state index in [1.165, 1.54) is 0 Å². The van der Waals surface area contributed by atoms with Gasteiger partial charge in [0.25, 0.3) is 0 Å². The van der Waals surface area contributed by atoms with E-state index < -0.39 is 0 Å². The van der Waals surface area contributed by atoms with E-state index in [2.05, 4.69) is 23.3 Å². The van der Waals surface area contributed by atoms with Crippen LogP contribution in [0, 0.1) is 0 Å². The lowest BCUT2D eigenvalue weighted by molar-refractivity contribution is 0.195. The van der Waals surface area contributed by atoms with Gasteiger partial charge in [-0.15, -0.1) is 0 Å². The van der Waals surface area contributed by atoms with E-state index in [0.717, 1.165) is 17.0 Å². The summed E-state index contributed by atoms with van der Waals surface area (Å²) >= 11 is 1.74. The van der Waals surface area contributed by atoms with E-state index >= 15 is 0 Å². The molecule has 1 N–H and O–H groups in total. The Hall–Kier alpha value is -1.95. The molecule has 0 radical (unpaired) electrons. The number of urea groups is 1. The number of nitrogens with zero attached hydrogens (tertiary/aromatic N) is 3. The van der Waals surface area contributed by atoms with Crippen LogP contribution in [-0.4, -0.2) is 45.6 Å². The number of aromatic nitrogens is 2. The van der Waals surface area contributed by atoms with Crippen LogP contribution in [-0.2, 0) is 0 Å². The van der Waals surface area contributed by atoms with Crippen molar-refractivity contribution < 1.29 is 4.79 Å². The van der Waals surface area contributed by atoms with Crippen molar-refractivity contribution in [3.63, 3.8) is 0 Å². The molecular formula is C17H24N4OS. The molecule has 0 aliphatic heterocycles. The molecule has 124 valence electrons. The van der Waals surface area contributed by atoms with Gasteiger partial charge >= 0.3 is 6.03 Å². The van der Waals surface area contributed by atoms with E-state index in [0.29, 0.717) is 0 Å². The Morgan fingerprint density at radius 2 is 2.22 bits per heavy atom. The van der Waals surface area contributed by atoms with Crippen molar-refractivity contribution in [2.75, 3.05) is 19.1 Å². The molecule has 0 fully saturated rings. The topological polar surface area (TPSA) is 50.2 Å². The summed E-state index contributed by atoms with van der Waals surface area (Å²) in [6.07, 6.45) is 7.47. The summed E-state index contributed by atoms with van der Waals surface area (Å²) in [4.78, 5) is 18.2. The first-order valence-corrected chi connectivity index (χ1v) is 9.03. The smallest absolute Gasteiger partial charge is 0.317 e. The van der Waals surface area contributed by atoms with Crippen LogP contribution in [0.25, 0.3) is 5.69 Å². The summed E-state index contributed by atoms with van der Waals surface area (Å²) in [7, 11) is 1.84. The van der Waals surface area contributed by atoms with Crippen LogP contribution >= 0.6 is 11.8 Å². The highest BCUT2D eigenvalue weighted by molar-refractivity contribution is 7.98. The normalized spacial score (nSPS) is 13.4. The largest absolute Gasteiger partial charge is 0.331 e. The summed E-state index contributed by atoms with van der Waals surface area (Å²) in [5.41, 5.74) is 2.10. The average molecular weight is 332 g/mol. The van der Waals surface area contributed by atoms with Crippen LogP contribution in [0.15, 0.2) is 43.0 Å². The Labute approximate surface area is 142 Å². The van der Waals surface area contributed by atoms with Gasteiger partial charge in [0, 0.05) is 36.9 Å². The van der Waals surface area contributed by atoms with Crippen molar-refractivity contribution in [1.29, 1.82) is 0 Å². The Morgan fingerprint density at radius 3 is 2.87 bits per heavy atom. The van der Waals surface area contributed by atoms with Crippen LogP contribution in [0.2, 0.25) is 0 Å². The van der Waals surface area contributed by atoms with Crippen molar-refractivity contribution in [3.8, 4) is 5.69 Å². The van der Waals surface area contributed by atoms with Gasteiger partial charge in [-0.3, -0.25) is 0 Å². The van der Waals surface area contributed by atoms with Gasteiger partial charge in [-0.2, -0.15) is 11.8 Å². The lowest BCUT2D eigenvalue weighted by Crippen LogP contribution is -2.44. The maximum absolute atomic E-state index is 12.3. The maximum Gasteiger partial charge on any atom is 0.317 e. The van der Waals surface area contributed by atoms with Crippen LogP contribution in [0.4, 0.5) is 4.79 Å². The van der Waals surface area contributed by atoms with Crippen molar-refractivity contribution >= 4 is 17.8 Å². The number of benzene rings is 1. The molecule has 23 heavy (non-hydrogen) atoms. The molecule has 0 saturated heterocycles. The second-order valence-corrected chi connectivity index (χ2v) is 6.56. The van der Waals surface area contributed by atoms with Crippen LogP contribution in [0.1, 0.15) is 25.5 Å². The Kier molecular flexibility index (Phi) is 6.10. The average Bonchev–Trinajstić information content (AvgIpc) is 3.09. The fourth-order valence-corrected chi connectivity index (χ4v) is 3.00. The van der Waals surface area contributed by atoms with Gasteiger partial charge < -0.3 is 14.8 Å². The van der Waals surface area contributed by atoms with Gasteiger partial charge in [0.2, 0.25) is 0 Å². The van der Waals surface area contributed by atoms with E-state index in [-0.39, 0.29) is 18.1 Å². The van der Waals surface area contributed by atoms with Crippen molar-refractivity contribution in [1.82, 2.24) is 19.8 Å². The first-order chi connectivity index (χ1) is 11.0. The minimum absolute atomic E-state index is 0.0490. The van der Waals surface area contributed by atoms with Crippen LogP contribution in [0.5, 0.6) is 0 Å². The second kappa shape index (κ2) is 8.06. The molecule has 6 heteroatoms. The van der Waals surface area contributed by atoms with Crippen molar-refractivity contribution in [2.24, 2.45) is 0 Å². The minimum atomic E-state index is -0.0603. The molecule has 1 aromatic heterocycles. The van der Waals surface area contributed by atoms with Crippen LogP contribution in [0.3, 0.4) is 0 Å². The number of hydrogen-bond donors (Lipinski definition) is 1. The molecule has 0 saturated carbocycles. The lowest BCUT2D eigenvalue weighted by atomic mass is 10.1. The summed E-state index contributed by atoms with van der Waals surface area (Å²) in [6.45, 7) is 4.05. The first kappa shape index (κ1) is 17.4. The maximum atomic E-state index is 12.3. The highest BCUT2D eigenvalue weighted by Gasteiger charge is 2.17. The molecule has 0 aliphatic carbocycles. The Balaban J connectivity index is 2.04. The molecule has 2 amide bonds. The van der Waals surface area contributed by atoms with E-state index in [1.807, 2.05) is 49.2 Å². The number of rotatable bonds is 6. The van der Waals surface area contributed by atoms with Gasteiger partial charge in [-0.1, -0.05) is 12.1 Å². The minimum Gasteiger partial charge on any atom is -0.331 e.